The first-order chi connectivity index (χ1) is 9.69. The van der Waals surface area contributed by atoms with Gasteiger partial charge in [-0.3, -0.25) is 0 Å². The van der Waals surface area contributed by atoms with Crippen LogP contribution in [0.1, 0.15) is 11.1 Å². The third-order valence-corrected chi connectivity index (χ3v) is 2.82. The highest BCUT2D eigenvalue weighted by Crippen LogP contribution is 2.19. The molecule has 0 fully saturated rings. The van der Waals surface area contributed by atoms with Gasteiger partial charge in [-0.25, -0.2) is 4.39 Å². The molecular formula is C16H13ClFNO. The van der Waals surface area contributed by atoms with Crippen molar-refractivity contribution in [1.82, 2.24) is 0 Å². The third kappa shape index (κ3) is 3.99. The first kappa shape index (κ1) is 14.4. The molecule has 0 atom stereocenters. The molecule has 20 heavy (non-hydrogen) atoms. The molecule has 2 N–H and O–H groups in total. The van der Waals surface area contributed by atoms with Crippen molar-refractivity contribution in [3.8, 4) is 17.6 Å². The summed E-state index contributed by atoms with van der Waals surface area (Å²) in [4.78, 5) is 0. The summed E-state index contributed by atoms with van der Waals surface area (Å²) in [6.45, 7) is 0.514. The molecule has 0 radical (unpaired) electrons. The Balaban J connectivity index is 2.16. The molecule has 0 unspecified atom stereocenters. The van der Waals surface area contributed by atoms with E-state index in [1.807, 2.05) is 0 Å². The van der Waals surface area contributed by atoms with Crippen molar-refractivity contribution in [1.29, 1.82) is 0 Å². The predicted molar refractivity (Wildman–Crippen MR) is 78.1 cm³/mol. The van der Waals surface area contributed by atoms with Crippen molar-refractivity contribution in [2.45, 2.75) is 6.61 Å². The fourth-order valence-electron chi connectivity index (χ4n) is 1.66. The molecule has 0 spiro atoms. The van der Waals surface area contributed by atoms with E-state index >= 15 is 0 Å². The molecule has 102 valence electrons. The number of nitrogens with two attached hydrogens (primary N) is 1. The molecule has 0 aliphatic carbocycles. The summed E-state index contributed by atoms with van der Waals surface area (Å²) >= 11 is 5.88. The highest BCUT2D eigenvalue weighted by atomic mass is 35.5. The lowest BCUT2D eigenvalue weighted by atomic mass is 10.1. The molecule has 0 aliphatic heterocycles. The molecule has 2 nitrogen and oxygen atoms in total. The van der Waals surface area contributed by atoms with Crippen LogP contribution < -0.4 is 10.5 Å². The van der Waals surface area contributed by atoms with Crippen LogP contribution in [0.15, 0.2) is 42.5 Å². The van der Waals surface area contributed by atoms with Gasteiger partial charge < -0.3 is 10.5 Å². The molecule has 2 aromatic rings. The van der Waals surface area contributed by atoms with E-state index in [4.69, 9.17) is 22.1 Å². The lowest BCUT2D eigenvalue weighted by molar-refractivity contribution is 0.306. The fraction of sp³-hybridized carbons (Fsp3) is 0.125. The SMILES string of the molecule is NCC#Cc1cc(F)ccc1COc1cccc(Cl)c1. The van der Waals surface area contributed by atoms with Gasteiger partial charge in [0.15, 0.2) is 0 Å². The second-order valence-electron chi connectivity index (χ2n) is 4.05. The first-order valence-corrected chi connectivity index (χ1v) is 6.42. The minimum Gasteiger partial charge on any atom is -0.489 e. The number of rotatable bonds is 3. The Morgan fingerprint density at radius 1 is 1.20 bits per heavy atom. The average molecular weight is 290 g/mol. The number of hydrogen-bond acceptors (Lipinski definition) is 2. The summed E-state index contributed by atoms with van der Waals surface area (Å²) in [5.74, 6) is 5.87. The van der Waals surface area contributed by atoms with Crippen LogP contribution in [0.4, 0.5) is 4.39 Å². The molecule has 0 heterocycles. The van der Waals surface area contributed by atoms with Crippen LogP contribution >= 0.6 is 11.6 Å². The molecular weight excluding hydrogens is 277 g/mol. The van der Waals surface area contributed by atoms with Gasteiger partial charge in [0.1, 0.15) is 18.2 Å². The summed E-state index contributed by atoms with van der Waals surface area (Å²) in [5, 5.41) is 0.602. The summed E-state index contributed by atoms with van der Waals surface area (Å²) in [6.07, 6.45) is 0. The van der Waals surface area contributed by atoms with Crippen LogP contribution in [0.3, 0.4) is 0 Å². The van der Waals surface area contributed by atoms with Gasteiger partial charge in [-0.1, -0.05) is 35.6 Å². The molecule has 0 amide bonds. The van der Waals surface area contributed by atoms with Crippen LogP contribution in [0, 0.1) is 17.7 Å². The monoisotopic (exact) mass is 289 g/mol. The van der Waals surface area contributed by atoms with Crippen LogP contribution in [0.25, 0.3) is 0 Å². The highest BCUT2D eigenvalue weighted by molar-refractivity contribution is 6.30. The fourth-order valence-corrected chi connectivity index (χ4v) is 1.84. The zero-order valence-corrected chi connectivity index (χ0v) is 11.5. The maximum Gasteiger partial charge on any atom is 0.124 e. The second-order valence-corrected chi connectivity index (χ2v) is 4.49. The van der Waals surface area contributed by atoms with Gasteiger partial charge in [-0.15, -0.1) is 0 Å². The zero-order chi connectivity index (χ0) is 14.4. The molecule has 0 aromatic heterocycles. The summed E-state index contributed by atoms with van der Waals surface area (Å²) < 4.78 is 18.9. The van der Waals surface area contributed by atoms with E-state index in [1.54, 1.807) is 30.3 Å². The predicted octanol–water partition coefficient (Wildman–Crippen LogP) is 3.37. The van der Waals surface area contributed by atoms with Crippen molar-refractivity contribution in [2.24, 2.45) is 5.73 Å². The van der Waals surface area contributed by atoms with Crippen molar-refractivity contribution in [3.05, 3.63) is 64.4 Å². The van der Waals surface area contributed by atoms with E-state index < -0.39 is 0 Å². The van der Waals surface area contributed by atoms with Gasteiger partial charge in [-0.05, 0) is 30.3 Å². The maximum absolute atomic E-state index is 13.2. The van der Waals surface area contributed by atoms with Crippen LogP contribution in [0.2, 0.25) is 5.02 Å². The summed E-state index contributed by atoms with van der Waals surface area (Å²) in [5.41, 5.74) is 6.71. The van der Waals surface area contributed by atoms with Gasteiger partial charge in [0.25, 0.3) is 0 Å². The Kier molecular flexibility index (Phi) is 5.00. The Bertz CT molecular complexity index is 661. The highest BCUT2D eigenvalue weighted by Gasteiger charge is 2.04. The quantitative estimate of drug-likeness (QED) is 0.879. The van der Waals surface area contributed by atoms with E-state index in [2.05, 4.69) is 11.8 Å². The normalized spacial score (nSPS) is 9.75. The molecule has 2 rings (SSSR count). The molecule has 0 saturated carbocycles. The number of halogens is 2. The Morgan fingerprint density at radius 2 is 2.05 bits per heavy atom. The third-order valence-electron chi connectivity index (χ3n) is 2.59. The number of hydrogen-bond donors (Lipinski definition) is 1. The zero-order valence-electron chi connectivity index (χ0n) is 10.7. The van der Waals surface area contributed by atoms with E-state index in [1.165, 1.54) is 12.1 Å². The standard InChI is InChI=1S/C16H13ClFNO/c17-14-4-1-5-16(10-14)20-11-13-6-7-15(18)9-12(13)3-2-8-19/h1,4-7,9-10H,8,11,19H2. The minimum atomic E-state index is -0.335. The number of benzene rings is 2. The van der Waals surface area contributed by atoms with E-state index in [-0.39, 0.29) is 19.0 Å². The van der Waals surface area contributed by atoms with Crippen molar-refractivity contribution >= 4 is 11.6 Å². The minimum absolute atomic E-state index is 0.227. The largest absolute Gasteiger partial charge is 0.489 e. The van der Waals surface area contributed by atoms with Crippen LogP contribution in [-0.2, 0) is 6.61 Å². The Morgan fingerprint density at radius 3 is 2.80 bits per heavy atom. The smallest absolute Gasteiger partial charge is 0.124 e. The summed E-state index contributed by atoms with van der Waals surface area (Å²) in [7, 11) is 0. The van der Waals surface area contributed by atoms with Crippen LogP contribution in [0.5, 0.6) is 5.75 Å². The van der Waals surface area contributed by atoms with Gasteiger partial charge in [0.05, 0.1) is 6.54 Å². The number of ether oxygens (including phenoxy) is 1. The Labute approximate surface area is 122 Å². The van der Waals surface area contributed by atoms with E-state index in [0.717, 1.165) is 5.56 Å². The van der Waals surface area contributed by atoms with Crippen molar-refractivity contribution in [2.75, 3.05) is 6.54 Å². The van der Waals surface area contributed by atoms with Gasteiger partial charge in [0.2, 0.25) is 0 Å². The maximum atomic E-state index is 13.2. The molecule has 2 aromatic carbocycles. The van der Waals surface area contributed by atoms with E-state index in [9.17, 15) is 4.39 Å². The van der Waals surface area contributed by atoms with E-state index in [0.29, 0.717) is 16.3 Å². The molecule has 0 aliphatic rings. The molecule has 0 saturated heterocycles. The van der Waals surface area contributed by atoms with Gasteiger partial charge in [-0.2, -0.15) is 0 Å². The molecule has 4 heteroatoms. The van der Waals surface area contributed by atoms with Crippen LogP contribution in [-0.4, -0.2) is 6.54 Å². The lowest BCUT2D eigenvalue weighted by Gasteiger charge is -2.08. The average Bonchev–Trinajstić information content (AvgIpc) is 2.44. The summed E-state index contributed by atoms with van der Waals surface area (Å²) in [6, 6.07) is 11.5. The molecule has 0 bridgehead atoms. The first-order valence-electron chi connectivity index (χ1n) is 6.05. The Hall–Kier alpha value is -2.02. The second kappa shape index (κ2) is 6.95. The lowest BCUT2D eigenvalue weighted by Crippen LogP contribution is -2.00. The van der Waals surface area contributed by atoms with Crippen molar-refractivity contribution < 1.29 is 9.13 Å². The topological polar surface area (TPSA) is 35.2 Å². The van der Waals surface area contributed by atoms with Gasteiger partial charge >= 0.3 is 0 Å². The van der Waals surface area contributed by atoms with Crippen molar-refractivity contribution in [3.63, 3.8) is 0 Å². The van der Waals surface area contributed by atoms with Gasteiger partial charge in [0, 0.05) is 16.1 Å².